The van der Waals surface area contributed by atoms with E-state index in [2.05, 4.69) is 18.3 Å². The number of ether oxygens (including phenoxy) is 1. The molecule has 0 heterocycles. The molecule has 0 spiro atoms. The van der Waals surface area contributed by atoms with Gasteiger partial charge in [-0.25, -0.2) is 4.79 Å². The van der Waals surface area contributed by atoms with Gasteiger partial charge in [0.25, 0.3) is 0 Å². The molecule has 0 unspecified atom stereocenters. The van der Waals surface area contributed by atoms with Crippen LogP contribution in [0.5, 0.6) is 0 Å². The Kier molecular flexibility index (Phi) is 4.74. The summed E-state index contributed by atoms with van der Waals surface area (Å²) < 4.78 is 4.85. The lowest BCUT2D eigenvalue weighted by molar-refractivity contribution is 0.0600. The first-order valence-electron chi connectivity index (χ1n) is 8.78. The molecule has 1 aromatic carbocycles. The van der Waals surface area contributed by atoms with E-state index in [-0.39, 0.29) is 11.5 Å². The van der Waals surface area contributed by atoms with E-state index in [9.17, 15) is 4.79 Å². The van der Waals surface area contributed by atoms with Crippen LogP contribution in [0.25, 0.3) is 0 Å². The van der Waals surface area contributed by atoms with Crippen molar-refractivity contribution in [3.63, 3.8) is 0 Å². The highest BCUT2D eigenvalue weighted by Crippen LogP contribution is 2.45. The van der Waals surface area contributed by atoms with E-state index < -0.39 is 0 Å². The lowest BCUT2D eigenvalue weighted by Crippen LogP contribution is -2.56. The fourth-order valence-corrected chi connectivity index (χ4v) is 4.42. The highest BCUT2D eigenvalue weighted by molar-refractivity contribution is 5.89. The zero-order valence-electron chi connectivity index (χ0n) is 14.2. The van der Waals surface area contributed by atoms with Crippen LogP contribution < -0.4 is 11.1 Å². The third-order valence-electron chi connectivity index (χ3n) is 5.80. The number of fused-ring (bicyclic) bond motifs is 3. The first kappa shape index (κ1) is 16.5. The summed E-state index contributed by atoms with van der Waals surface area (Å²) in [5.41, 5.74) is 10.1. The molecule has 23 heavy (non-hydrogen) atoms. The Bertz CT molecular complexity index is 587. The zero-order chi connectivity index (χ0) is 16.4. The second kappa shape index (κ2) is 6.62. The molecule has 2 bridgehead atoms. The van der Waals surface area contributed by atoms with Gasteiger partial charge < -0.3 is 15.8 Å². The van der Waals surface area contributed by atoms with Crippen molar-refractivity contribution in [3.8, 4) is 0 Å². The average Bonchev–Trinajstić information content (AvgIpc) is 2.77. The standard InChI is InChI=1S/C19H28N2O2/c1-3-8-21-12-19(20)16-6-7-17(19)11-15-9-14(18(22)23-2)5-4-13(15)10-16/h4-5,9,16-17,21H,3,6-8,10-12,20H2,1-2H3/t16-,17+,19+/m0/s1. The minimum atomic E-state index is -0.258. The number of hydrogen-bond acceptors (Lipinski definition) is 4. The largest absolute Gasteiger partial charge is 0.465 e. The summed E-state index contributed by atoms with van der Waals surface area (Å²) in [6, 6.07) is 6.00. The summed E-state index contributed by atoms with van der Waals surface area (Å²) in [6.07, 6.45) is 5.54. The van der Waals surface area contributed by atoms with Crippen molar-refractivity contribution in [1.29, 1.82) is 0 Å². The molecule has 2 aliphatic rings. The number of carbonyl (C=O) groups excluding carboxylic acids is 1. The Balaban J connectivity index is 1.85. The number of rotatable bonds is 5. The summed E-state index contributed by atoms with van der Waals surface area (Å²) >= 11 is 0. The summed E-state index contributed by atoms with van der Waals surface area (Å²) in [5.74, 6) is 0.763. The Morgan fingerprint density at radius 1 is 1.30 bits per heavy atom. The van der Waals surface area contributed by atoms with E-state index in [4.69, 9.17) is 10.5 Å². The minimum Gasteiger partial charge on any atom is -0.465 e. The molecule has 126 valence electrons. The average molecular weight is 316 g/mol. The van der Waals surface area contributed by atoms with E-state index in [1.165, 1.54) is 31.1 Å². The van der Waals surface area contributed by atoms with Crippen molar-refractivity contribution in [2.75, 3.05) is 20.2 Å². The number of benzene rings is 1. The molecular weight excluding hydrogens is 288 g/mol. The molecule has 4 nitrogen and oxygen atoms in total. The van der Waals surface area contributed by atoms with Crippen molar-refractivity contribution in [3.05, 3.63) is 34.9 Å². The molecule has 0 amide bonds. The zero-order valence-corrected chi connectivity index (χ0v) is 14.2. The van der Waals surface area contributed by atoms with Gasteiger partial charge in [0.05, 0.1) is 12.7 Å². The van der Waals surface area contributed by atoms with E-state index in [0.29, 0.717) is 17.4 Å². The maximum absolute atomic E-state index is 11.8. The van der Waals surface area contributed by atoms with Crippen LogP contribution in [-0.2, 0) is 17.6 Å². The van der Waals surface area contributed by atoms with Crippen molar-refractivity contribution < 1.29 is 9.53 Å². The van der Waals surface area contributed by atoms with Gasteiger partial charge in [-0.3, -0.25) is 0 Å². The molecule has 3 rings (SSSR count). The summed E-state index contributed by atoms with van der Waals surface area (Å²) in [6.45, 7) is 4.11. The molecule has 0 radical (unpaired) electrons. The van der Waals surface area contributed by atoms with Gasteiger partial charge in [-0.1, -0.05) is 13.0 Å². The Labute approximate surface area is 138 Å². The highest BCUT2D eigenvalue weighted by Gasteiger charge is 2.48. The molecule has 1 fully saturated rings. The van der Waals surface area contributed by atoms with Crippen LogP contribution >= 0.6 is 0 Å². The second-order valence-electron chi connectivity index (χ2n) is 7.14. The lowest BCUT2D eigenvalue weighted by atomic mass is 9.79. The Morgan fingerprint density at radius 3 is 2.65 bits per heavy atom. The van der Waals surface area contributed by atoms with Gasteiger partial charge >= 0.3 is 5.97 Å². The Hall–Kier alpha value is -1.39. The van der Waals surface area contributed by atoms with Gasteiger partial charge in [-0.05, 0) is 73.7 Å². The van der Waals surface area contributed by atoms with Crippen LogP contribution in [0.3, 0.4) is 0 Å². The molecule has 1 aromatic rings. The van der Waals surface area contributed by atoms with Gasteiger partial charge in [0.1, 0.15) is 0 Å². The molecule has 0 saturated heterocycles. The minimum absolute atomic E-state index is 0.125. The molecule has 0 aromatic heterocycles. The van der Waals surface area contributed by atoms with Crippen molar-refractivity contribution in [2.45, 2.75) is 44.6 Å². The van der Waals surface area contributed by atoms with Gasteiger partial charge in [0.15, 0.2) is 0 Å². The summed E-state index contributed by atoms with van der Waals surface area (Å²) in [4.78, 5) is 11.8. The first-order valence-corrected chi connectivity index (χ1v) is 8.78. The number of carbonyl (C=O) groups is 1. The van der Waals surface area contributed by atoms with Gasteiger partial charge in [0, 0.05) is 12.1 Å². The smallest absolute Gasteiger partial charge is 0.337 e. The maximum Gasteiger partial charge on any atom is 0.337 e. The SMILES string of the molecule is CCCNC[C@]1(N)[C@@H]2CC[C@H]1Cc1ccc(C(=O)OC)cc1C2. The fraction of sp³-hybridized carbons (Fsp3) is 0.632. The van der Waals surface area contributed by atoms with Crippen LogP contribution in [-0.4, -0.2) is 31.7 Å². The van der Waals surface area contributed by atoms with Gasteiger partial charge in [-0.15, -0.1) is 0 Å². The molecular formula is C19H28N2O2. The van der Waals surface area contributed by atoms with Crippen LogP contribution in [0.1, 0.15) is 47.7 Å². The number of nitrogens with one attached hydrogen (secondary N) is 1. The number of esters is 1. The normalized spacial score (nSPS) is 29.0. The highest BCUT2D eigenvalue weighted by atomic mass is 16.5. The Morgan fingerprint density at radius 2 is 2.00 bits per heavy atom. The molecule has 4 heteroatoms. The third kappa shape index (κ3) is 3.02. The molecule has 3 atom stereocenters. The quantitative estimate of drug-likeness (QED) is 0.646. The second-order valence-corrected chi connectivity index (χ2v) is 7.14. The lowest BCUT2D eigenvalue weighted by Gasteiger charge is -2.35. The first-order chi connectivity index (χ1) is 11.1. The van der Waals surface area contributed by atoms with E-state index in [1.54, 1.807) is 0 Å². The molecule has 3 N–H and O–H groups in total. The van der Waals surface area contributed by atoms with Gasteiger partial charge in [-0.2, -0.15) is 0 Å². The summed E-state index contributed by atoms with van der Waals surface area (Å²) in [5, 5.41) is 3.54. The molecule has 0 aliphatic heterocycles. The number of methoxy groups -OCH3 is 1. The number of nitrogens with two attached hydrogens (primary N) is 1. The van der Waals surface area contributed by atoms with E-state index in [1.807, 2.05) is 12.1 Å². The summed E-state index contributed by atoms with van der Waals surface area (Å²) in [7, 11) is 1.43. The predicted molar refractivity (Wildman–Crippen MR) is 91.5 cm³/mol. The topological polar surface area (TPSA) is 64.3 Å². The molecule has 2 aliphatic carbocycles. The van der Waals surface area contributed by atoms with Crippen LogP contribution in [0.4, 0.5) is 0 Å². The van der Waals surface area contributed by atoms with Crippen LogP contribution in [0.2, 0.25) is 0 Å². The van der Waals surface area contributed by atoms with Crippen LogP contribution in [0.15, 0.2) is 18.2 Å². The predicted octanol–water partition coefficient (Wildman–Crippen LogP) is 2.30. The van der Waals surface area contributed by atoms with Crippen molar-refractivity contribution >= 4 is 5.97 Å². The van der Waals surface area contributed by atoms with Gasteiger partial charge in [0.2, 0.25) is 0 Å². The molecule has 1 saturated carbocycles. The van der Waals surface area contributed by atoms with E-state index in [0.717, 1.165) is 32.4 Å². The fourth-order valence-electron chi connectivity index (χ4n) is 4.42. The van der Waals surface area contributed by atoms with Crippen molar-refractivity contribution in [2.24, 2.45) is 17.6 Å². The van der Waals surface area contributed by atoms with Crippen molar-refractivity contribution in [1.82, 2.24) is 5.32 Å². The number of hydrogen-bond donors (Lipinski definition) is 2. The van der Waals surface area contributed by atoms with Crippen LogP contribution in [0, 0.1) is 11.8 Å². The van der Waals surface area contributed by atoms with E-state index >= 15 is 0 Å². The monoisotopic (exact) mass is 316 g/mol. The maximum atomic E-state index is 11.8. The third-order valence-corrected chi connectivity index (χ3v) is 5.80.